The molecular formula is C18H27ClN4O2S. The maximum atomic E-state index is 11.7. The average Bonchev–Trinajstić information content (AvgIpc) is 2.57. The van der Waals surface area contributed by atoms with Crippen LogP contribution in [0.3, 0.4) is 0 Å². The predicted octanol–water partition coefficient (Wildman–Crippen LogP) is 1.99. The molecule has 144 valence electrons. The fourth-order valence-corrected chi connectivity index (χ4v) is 5.39. The summed E-state index contributed by atoms with van der Waals surface area (Å²) < 4.78 is 23.3. The van der Waals surface area contributed by atoms with E-state index >= 15 is 0 Å². The number of sulfone groups is 1. The number of nitrogens with two attached hydrogens (primary N) is 1. The molecule has 0 unspecified atom stereocenters. The zero-order valence-corrected chi connectivity index (χ0v) is 16.8. The lowest BCUT2D eigenvalue weighted by molar-refractivity contribution is 0.176. The lowest BCUT2D eigenvalue weighted by Gasteiger charge is -2.41. The number of hydrogen-bond acceptors (Lipinski definition) is 4. The third-order valence-electron chi connectivity index (χ3n) is 5.35. The van der Waals surface area contributed by atoms with Crippen molar-refractivity contribution in [2.75, 3.05) is 49.6 Å². The van der Waals surface area contributed by atoms with Crippen molar-refractivity contribution in [1.82, 2.24) is 4.90 Å². The highest BCUT2D eigenvalue weighted by molar-refractivity contribution is 7.90. The first-order valence-corrected chi connectivity index (χ1v) is 11.4. The Labute approximate surface area is 160 Å². The summed E-state index contributed by atoms with van der Waals surface area (Å²) in [5.74, 6) is 0.738. The fraction of sp³-hybridized carbons (Fsp3) is 0.611. The van der Waals surface area contributed by atoms with E-state index in [1.807, 2.05) is 24.3 Å². The molecule has 2 fully saturated rings. The quantitative estimate of drug-likeness (QED) is 0.606. The number of aliphatic imine (C=N–C) groups is 1. The Balaban J connectivity index is 1.55. The van der Waals surface area contributed by atoms with Crippen LogP contribution in [0.1, 0.15) is 19.3 Å². The number of guanidine groups is 1. The molecule has 0 aromatic heterocycles. The second kappa shape index (κ2) is 7.64. The maximum Gasteiger partial charge on any atom is 0.191 e. The molecule has 6 nitrogen and oxygen atoms in total. The van der Waals surface area contributed by atoms with Crippen LogP contribution in [0.5, 0.6) is 0 Å². The van der Waals surface area contributed by atoms with Crippen LogP contribution in [0.15, 0.2) is 29.3 Å². The summed E-state index contributed by atoms with van der Waals surface area (Å²) >= 11 is 5.95. The Kier molecular flexibility index (Phi) is 5.67. The minimum Gasteiger partial charge on any atom is -0.370 e. The third kappa shape index (κ3) is 4.82. The van der Waals surface area contributed by atoms with Crippen molar-refractivity contribution in [3.8, 4) is 0 Å². The Morgan fingerprint density at radius 1 is 1.19 bits per heavy atom. The van der Waals surface area contributed by atoms with Crippen molar-refractivity contribution in [1.29, 1.82) is 0 Å². The molecule has 2 N–H and O–H groups in total. The van der Waals surface area contributed by atoms with Gasteiger partial charge in [-0.25, -0.2) is 8.42 Å². The molecule has 0 bridgehead atoms. The fourth-order valence-electron chi connectivity index (χ4n) is 3.78. The first-order valence-electron chi connectivity index (χ1n) is 9.00. The zero-order valence-electron chi connectivity index (χ0n) is 15.2. The van der Waals surface area contributed by atoms with E-state index in [1.54, 1.807) is 0 Å². The van der Waals surface area contributed by atoms with Crippen LogP contribution in [-0.2, 0) is 9.84 Å². The Bertz CT molecular complexity index is 752. The number of piperazine rings is 1. The minimum absolute atomic E-state index is 0.205. The van der Waals surface area contributed by atoms with E-state index in [4.69, 9.17) is 17.3 Å². The van der Waals surface area contributed by atoms with Crippen molar-refractivity contribution in [3.05, 3.63) is 29.3 Å². The van der Waals surface area contributed by atoms with Gasteiger partial charge in [-0.2, -0.15) is 0 Å². The Hall–Kier alpha value is -1.47. The van der Waals surface area contributed by atoms with Gasteiger partial charge in [0.2, 0.25) is 0 Å². The van der Waals surface area contributed by atoms with Crippen LogP contribution in [0.2, 0.25) is 5.02 Å². The van der Waals surface area contributed by atoms with Gasteiger partial charge in [-0.05, 0) is 37.1 Å². The number of halogens is 1. The molecule has 0 spiro atoms. The second-order valence-electron chi connectivity index (χ2n) is 7.55. The molecule has 26 heavy (non-hydrogen) atoms. The molecule has 0 radical (unpaired) electrons. The van der Waals surface area contributed by atoms with E-state index in [2.05, 4.69) is 14.8 Å². The molecule has 1 aliphatic heterocycles. The first-order chi connectivity index (χ1) is 12.3. The van der Waals surface area contributed by atoms with Crippen molar-refractivity contribution >= 4 is 33.1 Å². The van der Waals surface area contributed by atoms with Crippen LogP contribution in [0.25, 0.3) is 0 Å². The first kappa shape index (κ1) is 19.3. The molecular weight excluding hydrogens is 372 g/mol. The normalized spacial score (nSPS) is 20.8. The molecule has 1 saturated heterocycles. The van der Waals surface area contributed by atoms with E-state index < -0.39 is 9.84 Å². The Morgan fingerprint density at radius 2 is 1.81 bits per heavy atom. The van der Waals surface area contributed by atoms with Gasteiger partial charge >= 0.3 is 0 Å². The van der Waals surface area contributed by atoms with Gasteiger partial charge in [0.25, 0.3) is 0 Å². The van der Waals surface area contributed by atoms with Gasteiger partial charge in [-0.3, -0.25) is 4.99 Å². The number of nitrogens with zero attached hydrogens (tertiary/aromatic N) is 3. The Morgan fingerprint density at radius 3 is 2.31 bits per heavy atom. The minimum atomic E-state index is -3.00. The largest absolute Gasteiger partial charge is 0.370 e. The molecule has 1 aromatic rings. The number of hydrogen-bond donors (Lipinski definition) is 1. The SMILES string of the molecule is CS(=O)(=O)CC1(CN=C(N)N2CCN(c3ccc(Cl)cc3)CC2)CCC1. The predicted molar refractivity (Wildman–Crippen MR) is 108 cm³/mol. The van der Waals surface area contributed by atoms with Gasteiger partial charge < -0.3 is 15.5 Å². The van der Waals surface area contributed by atoms with Crippen molar-refractivity contribution in [2.24, 2.45) is 16.1 Å². The van der Waals surface area contributed by atoms with Gasteiger partial charge in [0, 0.05) is 55.1 Å². The summed E-state index contributed by atoms with van der Waals surface area (Å²) in [6, 6.07) is 7.86. The second-order valence-corrected chi connectivity index (χ2v) is 10.1. The van der Waals surface area contributed by atoms with E-state index in [1.165, 1.54) is 6.26 Å². The monoisotopic (exact) mass is 398 g/mol. The van der Waals surface area contributed by atoms with Crippen LogP contribution in [0.4, 0.5) is 5.69 Å². The number of benzene rings is 1. The highest BCUT2D eigenvalue weighted by Gasteiger charge is 2.39. The van der Waals surface area contributed by atoms with Crippen molar-refractivity contribution < 1.29 is 8.42 Å². The van der Waals surface area contributed by atoms with E-state index in [-0.39, 0.29) is 11.2 Å². The van der Waals surface area contributed by atoms with Crippen molar-refractivity contribution in [2.45, 2.75) is 19.3 Å². The van der Waals surface area contributed by atoms with Crippen LogP contribution in [0, 0.1) is 5.41 Å². The summed E-state index contributed by atoms with van der Waals surface area (Å²) in [4.78, 5) is 8.94. The highest BCUT2D eigenvalue weighted by Crippen LogP contribution is 2.42. The number of anilines is 1. The third-order valence-corrected chi connectivity index (χ3v) is 6.74. The van der Waals surface area contributed by atoms with E-state index in [0.29, 0.717) is 12.5 Å². The molecule has 0 amide bonds. The van der Waals surface area contributed by atoms with Gasteiger partial charge in [-0.1, -0.05) is 18.0 Å². The summed E-state index contributed by atoms with van der Waals surface area (Å²) in [6.45, 7) is 3.84. The number of rotatable bonds is 5. The van der Waals surface area contributed by atoms with Gasteiger partial charge in [0.1, 0.15) is 9.84 Å². The zero-order chi connectivity index (χ0) is 18.8. The topological polar surface area (TPSA) is 79.0 Å². The lowest BCUT2D eigenvalue weighted by Crippen LogP contribution is -2.51. The average molecular weight is 399 g/mol. The van der Waals surface area contributed by atoms with E-state index in [0.717, 1.165) is 56.2 Å². The van der Waals surface area contributed by atoms with Gasteiger partial charge in [-0.15, -0.1) is 0 Å². The highest BCUT2D eigenvalue weighted by atomic mass is 35.5. The van der Waals surface area contributed by atoms with Gasteiger partial charge in [0.15, 0.2) is 5.96 Å². The van der Waals surface area contributed by atoms with Crippen LogP contribution in [-0.4, -0.2) is 64.0 Å². The van der Waals surface area contributed by atoms with E-state index in [9.17, 15) is 8.42 Å². The molecule has 1 aliphatic carbocycles. The standard InChI is InChI=1S/C18H27ClN4O2S/c1-26(24,25)14-18(7-2-8-18)13-21-17(20)23-11-9-22(10-12-23)16-5-3-15(19)4-6-16/h3-6H,2,7-14H2,1H3,(H2,20,21). The van der Waals surface area contributed by atoms with Crippen LogP contribution < -0.4 is 10.6 Å². The molecule has 0 atom stereocenters. The molecule has 1 heterocycles. The summed E-state index contributed by atoms with van der Waals surface area (Å²) in [5.41, 5.74) is 7.15. The van der Waals surface area contributed by atoms with Gasteiger partial charge in [0.05, 0.1) is 5.75 Å². The molecule has 1 saturated carbocycles. The summed E-state index contributed by atoms with van der Waals surface area (Å²) in [5, 5.41) is 0.739. The maximum absolute atomic E-state index is 11.7. The molecule has 8 heteroatoms. The smallest absolute Gasteiger partial charge is 0.191 e. The van der Waals surface area contributed by atoms with Crippen LogP contribution >= 0.6 is 11.6 Å². The molecule has 2 aliphatic rings. The summed E-state index contributed by atoms with van der Waals surface area (Å²) in [7, 11) is -3.00. The molecule has 3 rings (SSSR count). The lowest BCUT2D eigenvalue weighted by atomic mass is 9.70. The molecule has 1 aromatic carbocycles. The van der Waals surface area contributed by atoms with Crippen molar-refractivity contribution in [3.63, 3.8) is 0 Å². The summed E-state index contributed by atoms with van der Waals surface area (Å²) in [6.07, 6.45) is 4.21.